The smallest absolute Gasteiger partial charge is 0.252 e. The minimum Gasteiger partial charge on any atom is -0.352 e. The van der Waals surface area contributed by atoms with Crippen LogP contribution in [-0.2, 0) is 16.4 Å². The second kappa shape index (κ2) is 8.56. The highest BCUT2D eigenvalue weighted by Crippen LogP contribution is 2.21. The van der Waals surface area contributed by atoms with E-state index in [4.69, 9.17) is 11.6 Å². The van der Waals surface area contributed by atoms with E-state index >= 15 is 0 Å². The summed E-state index contributed by atoms with van der Waals surface area (Å²) in [5.74, 6) is 0.200. The van der Waals surface area contributed by atoms with Crippen LogP contribution >= 0.6 is 11.6 Å². The summed E-state index contributed by atoms with van der Waals surface area (Å²) in [4.78, 5) is 12.3. The van der Waals surface area contributed by atoms with Crippen LogP contribution in [0.15, 0.2) is 42.5 Å². The van der Waals surface area contributed by atoms with Gasteiger partial charge in [-0.2, -0.15) is 0 Å². The Balaban J connectivity index is 1.93. The van der Waals surface area contributed by atoms with E-state index in [-0.39, 0.29) is 10.9 Å². The number of carbonyl (C=O) groups excluding carboxylic acids is 1. The predicted octanol–water partition coefficient (Wildman–Crippen LogP) is 3.81. The Bertz CT molecular complexity index is 878. The van der Waals surface area contributed by atoms with Crippen LogP contribution in [0, 0.1) is 0 Å². The lowest BCUT2D eigenvalue weighted by Crippen LogP contribution is -2.26. The zero-order valence-corrected chi connectivity index (χ0v) is 16.6. The standard InChI is InChI=1S/C19H23ClN2O3S/c1-13(2)15-6-4-14(5-7-15)10-11-21-19(23)17-9-8-16(12-18(17)20)22-26(3,24)25/h4-9,12-13,22H,10-11H2,1-3H3,(H,21,23). The summed E-state index contributed by atoms with van der Waals surface area (Å²) >= 11 is 6.10. The molecule has 0 unspecified atom stereocenters. The molecule has 0 spiro atoms. The van der Waals surface area contributed by atoms with Gasteiger partial charge in [-0.05, 0) is 41.7 Å². The number of hydrogen-bond acceptors (Lipinski definition) is 3. The van der Waals surface area contributed by atoms with Gasteiger partial charge in [-0.3, -0.25) is 9.52 Å². The number of carbonyl (C=O) groups is 1. The van der Waals surface area contributed by atoms with E-state index in [0.29, 0.717) is 23.7 Å². The van der Waals surface area contributed by atoms with Gasteiger partial charge in [0, 0.05) is 12.2 Å². The largest absolute Gasteiger partial charge is 0.352 e. The quantitative estimate of drug-likeness (QED) is 0.749. The predicted molar refractivity (Wildman–Crippen MR) is 106 cm³/mol. The van der Waals surface area contributed by atoms with E-state index < -0.39 is 10.0 Å². The lowest BCUT2D eigenvalue weighted by Gasteiger charge is -2.10. The van der Waals surface area contributed by atoms with Crippen LogP contribution in [0.25, 0.3) is 0 Å². The number of rotatable bonds is 7. The van der Waals surface area contributed by atoms with Gasteiger partial charge in [0.15, 0.2) is 0 Å². The summed E-state index contributed by atoms with van der Waals surface area (Å²) in [5, 5.41) is 3.02. The monoisotopic (exact) mass is 394 g/mol. The van der Waals surface area contributed by atoms with E-state index in [1.165, 1.54) is 23.8 Å². The van der Waals surface area contributed by atoms with Crippen molar-refractivity contribution < 1.29 is 13.2 Å². The van der Waals surface area contributed by atoms with Crippen LogP contribution in [-0.4, -0.2) is 27.1 Å². The zero-order valence-electron chi connectivity index (χ0n) is 15.0. The summed E-state index contributed by atoms with van der Waals surface area (Å²) in [6, 6.07) is 12.8. The molecule has 7 heteroatoms. The average molecular weight is 395 g/mol. The topological polar surface area (TPSA) is 75.3 Å². The SMILES string of the molecule is CC(C)c1ccc(CCNC(=O)c2ccc(NS(C)(=O)=O)cc2Cl)cc1. The third-order valence-electron chi connectivity index (χ3n) is 3.86. The van der Waals surface area contributed by atoms with E-state index in [2.05, 4.69) is 48.2 Å². The molecule has 1 amide bonds. The Morgan fingerprint density at radius 2 is 1.77 bits per heavy atom. The maximum atomic E-state index is 12.3. The highest BCUT2D eigenvalue weighted by atomic mass is 35.5. The van der Waals surface area contributed by atoms with Gasteiger partial charge in [0.1, 0.15) is 0 Å². The van der Waals surface area contributed by atoms with Gasteiger partial charge in [-0.25, -0.2) is 8.42 Å². The minimum absolute atomic E-state index is 0.192. The molecule has 26 heavy (non-hydrogen) atoms. The molecular formula is C19H23ClN2O3S. The van der Waals surface area contributed by atoms with Gasteiger partial charge in [-0.1, -0.05) is 49.7 Å². The van der Waals surface area contributed by atoms with Crippen LogP contribution in [0.2, 0.25) is 5.02 Å². The molecular weight excluding hydrogens is 372 g/mol. The van der Waals surface area contributed by atoms with Crippen LogP contribution in [0.3, 0.4) is 0 Å². The van der Waals surface area contributed by atoms with Gasteiger partial charge in [0.2, 0.25) is 10.0 Å². The molecule has 0 radical (unpaired) electrons. The number of halogens is 1. The van der Waals surface area contributed by atoms with Gasteiger partial charge < -0.3 is 5.32 Å². The molecule has 2 aromatic rings. The van der Waals surface area contributed by atoms with Crippen molar-refractivity contribution in [2.45, 2.75) is 26.2 Å². The van der Waals surface area contributed by atoms with Crippen molar-refractivity contribution in [3.8, 4) is 0 Å². The minimum atomic E-state index is -3.39. The summed E-state index contributed by atoms with van der Waals surface area (Å²) in [6.45, 7) is 4.78. The van der Waals surface area contributed by atoms with Crippen molar-refractivity contribution >= 4 is 33.2 Å². The number of sulfonamides is 1. The van der Waals surface area contributed by atoms with Gasteiger partial charge in [0.25, 0.3) is 5.91 Å². The van der Waals surface area contributed by atoms with Crippen molar-refractivity contribution in [2.75, 3.05) is 17.5 Å². The molecule has 0 heterocycles. The number of nitrogens with one attached hydrogen (secondary N) is 2. The fraction of sp³-hybridized carbons (Fsp3) is 0.316. The Kier molecular flexibility index (Phi) is 6.67. The van der Waals surface area contributed by atoms with Crippen molar-refractivity contribution in [1.82, 2.24) is 5.32 Å². The van der Waals surface area contributed by atoms with E-state index in [1.54, 1.807) is 0 Å². The zero-order chi connectivity index (χ0) is 19.3. The first kappa shape index (κ1) is 20.3. The van der Waals surface area contributed by atoms with Crippen molar-refractivity contribution in [2.24, 2.45) is 0 Å². The van der Waals surface area contributed by atoms with Crippen LogP contribution in [0.4, 0.5) is 5.69 Å². The molecule has 0 fully saturated rings. The van der Waals surface area contributed by atoms with Crippen molar-refractivity contribution in [3.63, 3.8) is 0 Å². The fourth-order valence-electron chi connectivity index (χ4n) is 2.46. The Hall–Kier alpha value is -2.05. The van der Waals surface area contributed by atoms with E-state index in [0.717, 1.165) is 18.2 Å². The number of anilines is 1. The molecule has 0 aliphatic carbocycles. The van der Waals surface area contributed by atoms with E-state index in [1.807, 2.05) is 0 Å². The molecule has 0 aliphatic rings. The number of amides is 1. The highest BCUT2D eigenvalue weighted by molar-refractivity contribution is 7.92. The third kappa shape index (κ3) is 6.04. The van der Waals surface area contributed by atoms with Gasteiger partial charge >= 0.3 is 0 Å². The second-order valence-corrected chi connectivity index (χ2v) is 8.63. The molecule has 2 rings (SSSR count). The molecule has 5 nitrogen and oxygen atoms in total. The maximum Gasteiger partial charge on any atom is 0.252 e. The first-order chi connectivity index (χ1) is 12.2. The van der Waals surface area contributed by atoms with Crippen LogP contribution in [0.1, 0.15) is 41.3 Å². The normalized spacial score (nSPS) is 11.4. The van der Waals surface area contributed by atoms with Crippen molar-refractivity contribution in [3.05, 3.63) is 64.2 Å². The van der Waals surface area contributed by atoms with Crippen molar-refractivity contribution in [1.29, 1.82) is 0 Å². The molecule has 0 atom stereocenters. The first-order valence-electron chi connectivity index (χ1n) is 8.30. The average Bonchev–Trinajstić information content (AvgIpc) is 2.53. The highest BCUT2D eigenvalue weighted by Gasteiger charge is 2.12. The molecule has 0 aromatic heterocycles. The van der Waals surface area contributed by atoms with E-state index in [9.17, 15) is 13.2 Å². The first-order valence-corrected chi connectivity index (χ1v) is 10.6. The Morgan fingerprint density at radius 3 is 2.31 bits per heavy atom. The van der Waals surface area contributed by atoms with Gasteiger partial charge in [0.05, 0.1) is 16.8 Å². The lowest BCUT2D eigenvalue weighted by atomic mass is 10.0. The number of benzene rings is 2. The summed E-state index contributed by atoms with van der Waals surface area (Å²) in [5.41, 5.74) is 3.06. The van der Waals surface area contributed by atoms with Crippen LogP contribution in [0.5, 0.6) is 0 Å². The molecule has 2 aromatic carbocycles. The Morgan fingerprint density at radius 1 is 1.12 bits per heavy atom. The summed E-state index contributed by atoms with van der Waals surface area (Å²) in [6.07, 6.45) is 1.77. The molecule has 2 N–H and O–H groups in total. The maximum absolute atomic E-state index is 12.3. The molecule has 0 saturated carbocycles. The molecule has 0 aliphatic heterocycles. The van der Waals surface area contributed by atoms with Gasteiger partial charge in [-0.15, -0.1) is 0 Å². The van der Waals surface area contributed by atoms with Crippen LogP contribution < -0.4 is 10.0 Å². The molecule has 0 bridgehead atoms. The molecule has 140 valence electrons. The second-order valence-electron chi connectivity index (χ2n) is 6.47. The number of hydrogen-bond donors (Lipinski definition) is 2. The summed E-state index contributed by atoms with van der Waals surface area (Å²) in [7, 11) is -3.39. The summed E-state index contributed by atoms with van der Waals surface area (Å²) < 4.78 is 24.8. The third-order valence-corrected chi connectivity index (χ3v) is 4.78. The fourth-order valence-corrected chi connectivity index (χ4v) is 3.28. The molecule has 0 saturated heterocycles. The lowest BCUT2D eigenvalue weighted by molar-refractivity contribution is 0.0954. The Labute approximate surface area is 159 Å².